The third-order valence-electron chi connectivity index (χ3n) is 8.91. The van der Waals surface area contributed by atoms with Gasteiger partial charge in [-0.1, -0.05) is 36.4 Å². The highest BCUT2D eigenvalue weighted by Crippen LogP contribution is 2.45. The van der Waals surface area contributed by atoms with Crippen LogP contribution >= 0.6 is 0 Å². The van der Waals surface area contributed by atoms with Crippen LogP contribution in [0.25, 0.3) is 0 Å². The third-order valence-corrected chi connectivity index (χ3v) is 8.91. The molecule has 6 N–H and O–H groups in total. The molecule has 6 aromatic rings. The van der Waals surface area contributed by atoms with Crippen molar-refractivity contribution in [2.75, 3.05) is 17.2 Å². The van der Waals surface area contributed by atoms with Crippen LogP contribution in [0.2, 0.25) is 0 Å². The van der Waals surface area contributed by atoms with Crippen molar-refractivity contribution in [1.82, 2.24) is 0 Å². The maximum atomic E-state index is 13.7. The van der Waals surface area contributed by atoms with Crippen LogP contribution in [0.1, 0.15) is 40.3 Å². The van der Waals surface area contributed by atoms with Crippen molar-refractivity contribution in [2.24, 2.45) is 0 Å². The number of hydrogen-bond donors (Lipinski definition) is 3. The van der Waals surface area contributed by atoms with Gasteiger partial charge in [-0.15, -0.1) is 0 Å². The van der Waals surface area contributed by atoms with Crippen molar-refractivity contribution in [3.05, 3.63) is 161 Å². The number of alkyl halides is 9. The molecule has 0 fully saturated rings. The minimum absolute atomic E-state index is 0.0462. The minimum atomic E-state index is -4.73. The first-order chi connectivity index (χ1) is 26.2. The van der Waals surface area contributed by atoms with Crippen LogP contribution in [0.4, 0.5) is 56.6 Å². The number of rotatable bonds is 9. The summed E-state index contributed by atoms with van der Waals surface area (Å²) in [6.07, 6.45) is -14.2. The number of halogens is 9. The zero-order valence-electron chi connectivity index (χ0n) is 29.0. The normalized spacial score (nSPS) is 12.3. The van der Waals surface area contributed by atoms with Gasteiger partial charge in [0.25, 0.3) is 0 Å². The number of nitrogens with two attached hydrogens (primary N) is 3. The molecule has 0 amide bonds. The van der Waals surface area contributed by atoms with Crippen LogP contribution < -0.4 is 31.4 Å². The van der Waals surface area contributed by atoms with E-state index in [0.29, 0.717) is 16.7 Å². The van der Waals surface area contributed by atoms with E-state index in [1.807, 2.05) is 0 Å². The molecule has 0 unspecified atom stereocenters. The summed E-state index contributed by atoms with van der Waals surface area (Å²) >= 11 is 0. The van der Waals surface area contributed by atoms with Crippen molar-refractivity contribution < 1.29 is 53.7 Å². The van der Waals surface area contributed by atoms with E-state index in [2.05, 4.69) is 0 Å². The summed E-state index contributed by atoms with van der Waals surface area (Å²) in [7, 11) is 0. The maximum Gasteiger partial charge on any atom is 0.419 e. The second-order valence-corrected chi connectivity index (χ2v) is 12.8. The zero-order valence-corrected chi connectivity index (χ0v) is 29.0. The van der Waals surface area contributed by atoms with Crippen LogP contribution in [0, 0.1) is 0 Å². The van der Waals surface area contributed by atoms with Gasteiger partial charge in [0.2, 0.25) is 0 Å². The average molecular weight is 784 g/mol. The van der Waals surface area contributed by atoms with Gasteiger partial charge in [-0.25, -0.2) is 0 Å². The quantitative estimate of drug-likeness (QED) is 0.0766. The molecular weight excluding hydrogens is 753 g/mol. The van der Waals surface area contributed by atoms with Crippen LogP contribution in [-0.4, -0.2) is 0 Å². The van der Waals surface area contributed by atoms with Gasteiger partial charge in [0.15, 0.2) is 0 Å². The van der Waals surface area contributed by atoms with Gasteiger partial charge in [-0.05, 0) is 96.4 Å². The predicted molar refractivity (Wildman–Crippen MR) is 193 cm³/mol. The fraction of sp³-hybridized carbons (Fsp3) is 0.122. The number of ether oxygens (including phenoxy) is 3. The number of anilines is 3. The number of nitrogen functional groups attached to an aromatic ring is 3. The van der Waals surface area contributed by atoms with E-state index in [4.69, 9.17) is 31.4 Å². The standard InChI is InChI=1S/C41H30F9N3O3/c1-38(23-2-11-29(12-3-23)54-35-20-26(51)8-17-32(35)39(42,43)44,24-4-13-30(14-5-24)55-36-21-27(52)9-18-33(36)40(45,46)47)25-6-15-31(16-7-25)56-37-22-28(53)10-19-34(37)41(48,49)50/h2-22H,51-53H2,1H3. The number of hydrogen-bond acceptors (Lipinski definition) is 6. The van der Waals surface area contributed by atoms with Crippen molar-refractivity contribution in [3.63, 3.8) is 0 Å². The second kappa shape index (κ2) is 14.6. The van der Waals surface area contributed by atoms with E-state index in [1.54, 1.807) is 43.3 Å². The molecular formula is C41H30F9N3O3. The van der Waals surface area contributed by atoms with Crippen LogP contribution in [0.15, 0.2) is 127 Å². The topological polar surface area (TPSA) is 106 Å². The van der Waals surface area contributed by atoms with Gasteiger partial charge in [0.1, 0.15) is 34.5 Å². The Labute approximate surface area is 313 Å². The lowest BCUT2D eigenvalue weighted by molar-refractivity contribution is -0.139. The van der Waals surface area contributed by atoms with Crippen molar-refractivity contribution >= 4 is 17.1 Å². The fourth-order valence-corrected chi connectivity index (χ4v) is 6.02. The molecule has 15 heteroatoms. The van der Waals surface area contributed by atoms with E-state index < -0.39 is 57.9 Å². The first-order valence-corrected chi connectivity index (χ1v) is 16.5. The number of benzene rings is 6. The summed E-state index contributed by atoms with van der Waals surface area (Å²) in [5.74, 6) is -1.40. The highest BCUT2D eigenvalue weighted by atomic mass is 19.4. The highest BCUT2D eigenvalue weighted by Gasteiger charge is 2.37. The largest absolute Gasteiger partial charge is 0.457 e. The smallest absolute Gasteiger partial charge is 0.419 e. The van der Waals surface area contributed by atoms with Crippen LogP contribution in [-0.2, 0) is 23.9 Å². The van der Waals surface area contributed by atoms with Gasteiger partial charge in [0, 0.05) is 40.7 Å². The van der Waals surface area contributed by atoms with Crippen LogP contribution in [0.5, 0.6) is 34.5 Å². The maximum absolute atomic E-state index is 13.7. The molecule has 0 aliphatic carbocycles. The zero-order chi connectivity index (χ0) is 40.6. The Balaban J connectivity index is 1.38. The molecule has 0 radical (unpaired) electrons. The summed E-state index contributed by atoms with van der Waals surface area (Å²) in [5, 5.41) is 0. The first-order valence-electron chi connectivity index (χ1n) is 16.5. The Bertz CT molecular complexity index is 2080. The monoisotopic (exact) mass is 783 g/mol. The molecule has 0 saturated heterocycles. The minimum Gasteiger partial charge on any atom is -0.457 e. The van der Waals surface area contributed by atoms with E-state index in [1.165, 1.54) is 36.4 Å². The molecule has 0 aliphatic rings. The van der Waals surface area contributed by atoms with E-state index in [0.717, 1.165) is 54.6 Å². The van der Waals surface area contributed by atoms with E-state index in [9.17, 15) is 39.5 Å². The Hall–Kier alpha value is -6.51. The summed E-state index contributed by atoms with van der Waals surface area (Å²) < 4.78 is 140. The van der Waals surface area contributed by atoms with Gasteiger partial charge in [0.05, 0.1) is 16.7 Å². The van der Waals surface area contributed by atoms with E-state index >= 15 is 0 Å². The van der Waals surface area contributed by atoms with Gasteiger partial charge < -0.3 is 31.4 Å². The van der Waals surface area contributed by atoms with Gasteiger partial charge in [-0.2, -0.15) is 39.5 Å². The summed E-state index contributed by atoms with van der Waals surface area (Å²) in [4.78, 5) is 0. The molecule has 0 spiro atoms. The highest BCUT2D eigenvalue weighted by molar-refractivity contribution is 5.56. The Morgan fingerprint density at radius 1 is 0.357 bits per heavy atom. The molecule has 6 aromatic carbocycles. The Morgan fingerprint density at radius 3 is 0.804 bits per heavy atom. The first kappa shape index (κ1) is 39.2. The molecule has 0 bridgehead atoms. The Morgan fingerprint density at radius 2 is 0.589 bits per heavy atom. The molecule has 0 saturated carbocycles. The molecule has 6 rings (SSSR count). The van der Waals surface area contributed by atoms with Crippen molar-refractivity contribution in [1.29, 1.82) is 0 Å². The summed E-state index contributed by atoms with van der Waals surface area (Å²) in [6, 6.07) is 27.2. The molecule has 0 atom stereocenters. The molecule has 0 heterocycles. The third kappa shape index (κ3) is 8.41. The summed E-state index contributed by atoms with van der Waals surface area (Å²) in [6.45, 7) is 1.80. The van der Waals surface area contributed by atoms with Crippen molar-refractivity contribution in [2.45, 2.75) is 30.9 Å². The average Bonchev–Trinajstić information content (AvgIpc) is 3.11. The van der Waals surface area contributed by atoms with Gasteiger partial charge >= 0.3 is 18.5 Å². The summed E-state index contributed by atoms with van der Waals surface area (Å²) in [5.41, 5.74) is 14.8. The fourth-order valence-electron chi connectivity index (χ4n) is 6.02. The lowest BCUT2D eigenvalue weighted by atomic mass is 9.71. The van der Waals surface area contributed by atoms with Crippen LogP contribution in [0.3, 0.4) is 0 Å². The Kier molecular flexibility index (Phi) is 10.2. The molecule has 56 heavy (non-hydrogen) atoms. The molecule has 0 aromatic heterocycles. The molecule has 6 nitrogen and oxygen atoms in total. The van der Waals surface area contributed by atoms with Gasteiger partial charge in [-0.3, -0.25) is 0 Å². The second-order valence-electron chi connectivity index (χ2n) is 12.8. The van der Waals surface area contributed by atoms with E-state index in [-0.39, 0.29) is 34.3 Å². The lowest BCUT2D eigenvalue weighted by Gasteiger charge is -2.32. The van der Waals surface area contributed by atoms with Crippen molar-refractivity contribution in [3.8, 4) is 34.5 Å². The molecule has 0 aliphatic heterocycles. The SMILES string of the molecule is CC(c1ccc(Oc2cc(N)ccc2C(F)(F)F)cc1)(c1ccc(Oc2cc(N)ccc2C(F)(F)F)cc1)c1ccc(Oc2cc(N)ccc2C(F)(F)F)cc1. The molecule has 290 valence electrons. The predicted octanol–water partition coefficient (Wildman–Crippen LogP) is 12.2. The lowest BCUT2D eigenvalue weighted by Crippen LogP contribution is -2.25.